The van der Waals surface area contributed by atoms with Gasteiger partial charge in [0.2, 0.25) is 5.91 Å². The van der Waals surface area contributed by atoms with E-state index in [1.54, 1.807) is 23.4 Å². The molecule has 0 aromatic carbocycles. The van der Waals surface area contributed by atoms with Crippen molar-refractivity contribution in [2.75, 3.05) is 24.5 Å². The van der Waals surface area contributed by atoms with E-state index in [4.69, 9.17) is 4.42 Å². The number of anilines is 1. The van der Waals surface area contributed by atoms with Crippen molar-refractivity contribution in [3.8, 4) is 0 Å². The molecule has 0 bridgehead atoms. The number of hydrogen-bond donors (Lipinski definition) is 0. The molecule has 1 amide bonds. The standard InChI is InChI=1S/C16H20N4O2/c1-18-10-14(8-17-18)20-6-4-16(15(20)21)3-5-19(12-16)9-13-2-7-22-11-13/h2,7-8,10-11H,3-6,9,12H2,1H3/t16-/m0/s1. The molecular weight excluding hydrogens is 280 g/mol. The number of likely N-dealkylation sites (tertiary alicyclic amines) is 1. The maximum atomic E-state index is 12.9. The summed E-state index contributed by atoms with van der Waals surface area (Å²) in [4.78, 5) is 17.2. The summed E-state index contributed by atoms with van der Waals surface area (Å²) >= 11 is 0. The fraction of sp³-hybridized carbons (Fsp3) is 0.500. The van der Waals surface area contributed by atoms with Gasteiger partial charge in [0.05, 0.1) is 29.8 Å². The van der Waals surface area contributed by atoms with Gasteiger partial charge in [-0.2, -0.15) is 5.10 Å². The zero-order chi connectivity index (χ0) is 15.2. The van der Waals surface area contributed by atoms with Crippen molar-refractivity contribution in [2.24, 2.45) is 12.5 Å². The van der Waals surface area contributed by atoms with Gasteiger partial charge in [-0.05, 0) is 25.5 Å². The van der Waals surface area contributed by atoms with E-state index in [2.05, 4.69) is 10.00 Å². The Morgan fingerprint density at radius 1 is 1.36 bits per heavy atom. The first-order chi connectivity index (χ1) is 10.7. The third-order valence-corrected chi connectivity index (χ3v) is 4.93. The molecule has 6 nitrogen and oxygen atoms in total. The first-order valence-corrected chi connectivity index (χ1v) is 7.70. The normalized spacial score (nSPS) is 25.7. The monoisotopic (exact) mass is 300 g/mol. The Hall–Kier alpha value is -2.08. The number of carbonyl (C=O) groups is 1. The molecule has 2 aliphatic rings. The molecule has 0 radical (unpaired) electrons. The zero-order valence-electron chi connectivity index (χ0n) is 12.7. The van der Waals surface area contributed by atoms with Gasteiger partial charge in [-0.25, -0.2) is 0 Å². The van der Waals surface area contributed by atoms with Gasteiger partial charge in [-0.15, -0.1) is 0 Å². The lowest BCUT2D eigenvalue weighted by atomic mass is 9.85. The third kappa shape index (κ3) is 2.14. The molecule has 116 valence electrons. The summed E-state index contributed by atoms with van der Waals surface area (Å²) in [5.74, 6) is 0.259. The van der Waals surface area contributed by atoms with E-state index >= 15 is 0 Å². The molecule has 2 aliphatic heterocycles. The first kappa shape index (κ1) is 13.6. The van der Waals surface area contributed by atoms with E-state index in [9.17, 15) is 4.79 Å². The number of aryl methyl sites for hydroxylation is 1. The second-order valence-corrected chi connectivity index (χ2v) is 6.45. The highest BCUT2D eigenvalue weighted by Crippen LogP contribution is 2.42. The quantitative estimate of drug-likeness (QED) is 0.865. The van der Waals surface area contributed by atoms with Gasteiger partial charge in [-0.1, -0.05) is 0 Å². The van der Waals surface area contributed by atoms with Crippen molar-refractivity contribution in [1.82, 2.24) is 14.7 Å². The molecule has 4 heterocycles. The van der Waals surface area contributed by atoms with Crippen molar-refractivity contribution in [3.63, 3.8) is 0 Å². The van der Waals surface area contributed by atoms with Crippen LogP contribution >= 0.6 is 0 Å². The molecule has 0 aliphatic carbocycles. The largest absolute Gasteiger partial charge is 0.472 e. The number of nitrogens with zero attached hydrogens (tertiary/aromatic N) is 4. The fourth-order valence-electron chi connectivity index (χ4n) is 3.73. The molecule has 2 aromatic rings. The Morgan fingerprint density at radius 3 is 2.95 bits per heavy atom. The summed E-state index contributed by atoms with van der Waals surface area (Å²) < 4.78 is 6.87. The summed E-state index contributed by atoms with van der Waals surface area (Å²) in [5, 5.41) is 4.18. The van der Waals surface area contributed by atoms with Crippen molar-refractivity contribution in [3.05, 3.63) is 36.5 Å². The number of aromatic nitrogens is 2. The van der Waals surface area contributed by atoms with Crippen LogP contribution < -0.4 is 4.90 Å². The van der Waals surface area contributed by atoms with Gasteiger partial charge < -0.3 is 9.32 Å². The molecule has 22 heavy (non-hydrogen) atoms. The van der Waals surface area contributed by atoms with Crippen LogP contribution in [0.3, 0.4) is 0 Å². The predicted molar refractivity (Wildman–Crippen MR) is 81.2 cm³/mol. The predicted octanol–water partition coefficient (Wildman–Crippen LogP) is 1.64. The highest BCUT2D eigenvalue weighted by atomic mass is 16.3. The minimum Gasteiger partial charge on any atom is -0.472 e. The van der Waals surface area contributed by atoms with Crippen LogP contribution in [-0.2, 0) is 18.4 Å². The number of carbonyl (C=O) groups excluding carboxylic acids is 1. The van der Waals surface area contributed by atoms with Crippen LogP contribution in [0.2, 0.25) is 0 Å². The SMILES string of the molecule is Cn1cc(N2CC[C@]3(CCN(Cc4ccoc4)C3)C2=O)cn1. The molecule has 1 spiro atoms. The third-order valence-electron chi connectivity index (χ3n) is 4.93. The van der Waals surface area contributed by atoms with Crippen LogP contribution in [0.25, 0.3) is 0 Å². The molecule has 6 heteroatoms. The van der Waals surface area contributed by atoms with Crippen LogP contribution in [-0.4, -0.2) is 40.2 Å². The average molecular weight is 300 g/mol. The number of amides is 1. The number of hydrogen-bond acceptors (Lipinski definition) is 4. The van der Waals surface area contributed by atoms with Gasteiger partial charge in [0.15, 0.2) is 0 Å². The Morgan fingerprint density at radius 2 is 2.23 bits per heavy atom. The highest BCUT2D eigenvalue weighted by Gasteiger charge is 2.51. The molecule has 2 saturated heterocycles. The smallest absolute Gasteiger partial charge is 0.234 e. The summed E-state index contributed by atoms with van der Waals surface area (Å²) in [6.45, 7) is 3.47. The van der Waals surface area contributed by atoms with Crippen molar-refractivity contribution >= 4 is 11.6 Å². The average Bonchev–Trinajstić information content (AvgIpc) is 3.25. The van der Waals surface area contributed by atoms with Gasteiger partial charge >= 0.3 is 0 Å². The van der Waals surface area contributed by atoms with Crippen molar-refractivity contribution < 1.29 is 9.21 Å². The maximum absolute atomic E-state index is 12.9. The molecular formula is C16H20N4O2. The Bertz CT molecular complexity index is 678. The van der Waals surface area contributed by atoms with Crippen LogP contribution in [0.4, 0.5) is 5.69 Å². The van der Waals surface area contributed by atoms with Crippen LogP contribution in [0.5, 0.6) is 0 Å². The van der Waals surface area contributed by atoms with Gasteiger partial charge in [0, 0.05) is 38.4 Å². The number of rotatable bonds is 3. The highest BCUT2D eigenvalue weighted by molar-refractivity contribution is 6.00. The topological polar surface area (TPSA) is 54.5 Å². The van der Waals surface area contributed by atoms with Crippen LogP contribution in [0, 0.1) is 5.41 Å². The summed E-state index contributed by atoms with van der Waals surface area (Å²) in [7, 11) is 1.88. The minimum atomic E-state index is -0.209. The van der Waals surface area contributed by atoms with Gasteiger partial charge in [0.1, 0.15) is 0 Å². The molecule has 0 unspecified atom stereocenters. The van der Waals surface area contributed by atoms with E-state index in [1.165, 1.54) is 5.56 Å². The lowest BCUT2D eigenvalue weighted by molar-refractivity contribution is -0.125. The second-order valence-electron chi connectivity index (χ2n) is 6.45. The molecule has 2 fully saturated rings. The zero-order valence-corrected chi connectivity index (χ0v) is 12.7. The van der Waals surface area contributed by atoms with Crippen LogP contribution in [0.15, 0.2) is 35.4 Å². The summed E-state index contributed by atoms with van der Waals surface area (Å²) in [6.07, 6.45) is 9.04. The fourth-order valence-corrected chi connectivity index (χ4v) is 3.73. The molecule has 2 aromatic heterocycles. The minimum absolute atomic E-state index is 0.209. The van der Waals surface area contributed by atoms with E-state index in [-0.39, 0.29) is 11.3 Å². The molecule has 0 N–H and O–H groups in total. The van der Waals surface area contributed by atoms with Gasteiger partial charge in [0.25, 0.3) is 0 Å². The van der Waals surface area contributed by atoms with Crippen molar-refractivity contribution in [1.29, 1.82) is 0 Å². The van der Waals surface area contributed by atoms with E-state index in [0.29, 0.717) is 0 Å². The van der Waals surface area contributed by atoms with E-state index in [1.807, 2.05) is 24.2 Å². The summed E-state index contributed by atoms with van der Waals surface area (Å²) in [5.41, 5.74) is 1.88. The van der Waals surface area contributed by atoms with Crippen molar-refractivity contribution in [2.45, 2.75) is 19.4 Å². The van der Waals surface area contributed by atoms with E-state index in [0.717, 1.165) is 44.7 Å². The van der Waals surface area contributed by atoms with E-state index < -0.39 is 0 Å². The Balaban J connectivity index is 1.48. The number of furan rings is 1. The molecule has 1 atom stereocenters. The lowest BCUT2D eigenvalue weighted by Gasteiger charge is -2.23. The van der Waals surface area contributed by atoms with Gasteiger partial charge in [-0.3, -0.25) is 14.4 Å². The Labute approximate surface area is 129 Å². The Kier molecular flexibility index (Phi) is 3.07. The molecule has 0 saturated carbocycles. The first-order valence-electron chi connectivity index (χ1n) is 7.70. The lowest BCUT2D eigenvalue weighted by Crippen LogP contribution is -2.36. The van der Waals surface area contributed by atoms with Crippen LogP contribution in [0.1, 0.15) is 18.4 Å². The second kappa shape index (κ2) is 4.98. The molecule has 4 rings (SSSR count). The summed E-state index contributed by atoms with van der Waals surface area (Å²) in [6, 6.07) is 1.99. The maximum Gasteiger partial charge on any atom is 0.234 e.